The van der Waals surface area contributed by atoms with E-state index in [4.69, 9.17) is 15.2 Å². The first-order valence-electron chi connectivity index (χ1n) is 9.12. The Morgan fingerprint density at radius 2 is 2.11 bits per heavy atom. The average Bonchev–Trinajstić information content (AvgIpc) is 2.66. The van der Waals surface area contributed by atoms with Gasteiger partial charge in [-0.15, -0.1) is 0 Å². The van der Waals surface area contributed by atoms with Crippen LogP contribution in [0, 0.1) is 5.82 Å². The van der Waals surface area contributed by atoms with Gasteiger partial charge in [0.05, 0.1) is 25.9 Å². The fourth-order valence-electron chi connectivity index (χ4n) is 3.38. The van der Waals surface area contributed by atoms with E-state index < -0.39 is 0 Å². The van der Waals surface area contributed by atoms with Gasteiger partial charge in [-0.3, -0.25) is 4.79 Å². The second kappa shape index (κ2) is 8.97. The Morgan fingerprint density at radius 1 is 1.26 bits per heavy atom. The van der Waals surface area contributed by atoms with Crippen LogP contribution in [0.15, 0.2) is 36.4 Å². The van der Waals surface area contributed by atoms with Gasteiger partial charge < -0.3 is 20.5 Å². The van der Waals surface area contributed by atoms with E-state index in [-0.39, 0.29) is 24.4 Å². The molecule has 144 valence electrons. The van der Waals surface area contributed by atoms with Crippen molar-refractivity contribution >= 4 is 11.6 Å². The summed E-state index contributed by atoms with van der Waals surface area (Å²) in [5.74, 6) is -0.606. The predicted molar refractivity (Wildman–Crippen MR) is 102 cm³/mol. The van der Waals surface area contributed by atoms with E-state index in [1.807, 2.05) is 18.2 Å². The smallest absolute Gasteiger partial charge is 0.251 e. The highest BCUT2D eigenvalue weighted by atomic mass is 19.1. The van der Waals surface area contributed by atoms with Crippen molar-refractivity contribution < 1.29 is 18.7 Å². The van der Waals surface area contributed by atoms with Crippen molar-refractivity contribution in [3.8, 4) is 0 Å². The molecule has 0 spiro atoms. The molecule has 0 saturated carbocycles. The lowest BCUT2D eigenvalue weighted by Gasteiger charge is -2.26. The molecule has 0 saturated heterocycles. The molecule has 1 amide bonds. The summed E-state index contributed by atoms with van der Waals surface area (Å²) in [7, 11) is 1.58. The highest BCUT2D eigenvalue weighted by Crippen LogP contribution is 2.31. The number of carbonyl (C=O) groups excluding carboxylic acids is 1. The van der Waals surface area contributed by atoms with Crippen LogP contribution in [0.2, 0.25) is 0 Å². The Balaban J connectivity index is 1.70. The fraction of sp³-hybridized carbons (Fsp3) is 0.381. The maximum atomic E-state index is 14.0. The molecule has 0 aliphatic heterocycles. The molecule has 0 heterocycles. The van der Waals surface area contributed by atoms with E-state index in [0.29, 0.717) is 24.3 Å². The maximum absolute atomic E-state index is 14.0. The van der Waals surface area contributed by atoms with E-state index in [1.54, 1.807) is 13.2 Å². The zero-order chi connectivity index (χ0) is 19.2. The number of ether oxygens (including phenoxy) is 2. The summed E-state index contributed by atoms with van der Waals surface area (Å²) in [4.78, 5) is 12.7. The number of hydrogen-bond acceptors (Lipinski definition) is 4. The van der Waals surface area contributed by atoms with Gasteiger partial charge in [-0.1, -0.05) is 6.07 Å². The highest BCUT2D eigenvalue weighted by Gasteiger charge is 2.22. The summed E-state index contributed by atoms with van der Waals surface area (Å²) in [6, 6.07) is 10.1. The van der Waals surface area contributed by atoms with Crippen molar-refractivity contribution in [1.82, 2.24) is 5.32 Å². The van der Waals surface area contributed by atoms with E-state index in [0.717, 1.165) is 30.5 Å². The molecule has 1 atom stereocenters. The SMILES string of the molecule is COCCOCc1cc(C(=O)NC2CCCc3cc(N)ccc32)ccc1F. The maximum Gasteiger partial charge on any atom is 0.251 e. The molecule has 27 heavy (non-hydrogen) atoms. The Labute approximate surface area is 158 Å². The van der Waals surface area contributed by atoms with Gasteiger partial charge in [0.25, 0.3) is 5.91 Å². The van der Waals surface area contributed by atoms with Gasteiger partial charge >= 0.3 is 0 Å². The third-order valence-corrected chi connectivity index (χ3v) is 4.78. The van der Waals surface area contributed by atoms with Crippen molar-refractivity contribution in [3.63, 3.8) is 0 Å². The summed E-state index contributed by atoms with van der Waals surface area (Å²) in [6.45, 7) is 0.906. The van der Waals surface area contributed by atoms with Crippen LogP contribution >= 0.6 is 0 Å². The molecule has 0 bridgehead atoms. The zero-order valence-corrected chi connectivity index (χ0v) is 15.5. The molecule has 3 N–H and O–H groups in total. The Kier molecular flexibility index (Phi) is 6.42. The highest BCUT2D eigenvalue weighted by molar-refractivity contribution is 5.94. The summed E-state index contributed by atoms with van der Waals surface area (Å²) >= 11 is 0. The molecule has 3 rings (SSSR count). The van der Waals surface area contributed by atoms with Crippen molar-refractivity contribution in [3.05, 3.63) is 64.5 Å². The van der Waals surface area contributed by atoms with Crippen LogP contribution in [0.1, 0.15) is 45.9 Å². The van der Waals surface area contributed by atoms with E-state index in [2.05, 4.69) is 5.32 Å². The van der Waals surface area contributed by atoms with Gasteiger partial charge in [0, 0.05) is 23.9 Å². The minimum Gasteiger partial charge on any atom is -0.399 e. The number of amides is 1. The molecule has 2 aromatic carbocycles. The third kappa shape index (κ3) is 4.84. The van der Waals surface area contributed by atoms with Crippen LogP contribution in [0.4, 0.5) is 10.1 Å². The van der Waals surface area contributed by atoms with Crippen LogP contribution < -0.4 is 11.1 Å². The first kappa shape index (κ1) is 19.3. The molecule has 6 heteroatoms. The third-order valence-electron chi connectivity index (χ3n) is 4.78. The standard InChI is InChI=1S/C21H25FN2O3/c1-26-9-10-27-13-16-11-15(5-8-19(16)22)21(25)24-20-4-2-3-14-12-17(23)6-7-18(14)20/h5-8,11-12,20H,2-4,9-10,13,23H2,1H3,(H,24,25). The molecular weight excluding hydrogens is 347 g/mol. The largest absolute Gasteiger partial charge is 0.399 e. The van der Waals surface area contributed by atoms with E-state index in [1.165, 1.54) is 17.7 Å². The second-order valence-electron chi connectivity index (χ2n) is 6.73. The van der Waals surface area contributed by atoms with Gasteiger partial charge in [-0.2, -0.15) is 0 Å². The number of rotatable bonds is 7. The molecule has 1 aliphatic rings. The average molecular weight is 372 g/mol. The Bertz CT molecular complexity index is 810. The number of hydrogen-bond donors (Lipinski definition) is 2. The first-order valence-corrected chi connectivity index (χ1v) is 9.12. The van der Waals surface area contributed by atoms with Crippen LogP contribution in [0.25, 0.3) is 0 Å². The number of nitrogens with two attached hydrogens (primary N) is 1. The number of anilines is 1. The van der Waals surface area contributed by atoms with Crippen molar-refractivity contribution in [2.24, 2.45) is 0 Å². The molecule has 0 radical (unpaired) electrons. The van der Waals surface area contributed by atoms with Gasteiger partial charge in [-0.05, 0) is 60.7 Å². The van der Waals surface area contributed by atoms with Crippen molar-refractivity contribution in [2.75, 3.05) is 26.1 Å². The van der Waals surface area contributed by atoms with Crippen molar-refractivity contribution in [2.45, 2.75) is 31.9 Å². The van der Waals surface area contributed by atoms with Crippen LogP contribution in [-0.4, -0.2) is 26.2 Å². The Hall–Kier alpha value is -2.44. The summed E-state index contributed by atoms with van der Waals surface area (Å²) < 4.78 is 24.3. The summed E-state index contributed by atoms with van der Waals surface area (Å²) in [5, 5.41) is 3.07. The number of aryl methyl sites for hydroxylation is 1. The Morgan fingerprint density at radius 3 is 2.93 bits per heavy atom. The molecule has 1 aliphatic carbocycles. The van der Waals surface area contributed by atoms with Crippen molar-refractivity contribution in [1.29, 1.82) is 0 Å². The monoisotopic (exact) mass is 372 g/mol. The fourth-order valence-corrected chi connectivity index (χ4v) is 3.38. The lowest BCUT2D eigenvalue weighted by molar-refractivity contribution is 0.0603. The van der Waals surface area contributed by atoms with Gasteiger partial charge in [0.1, 0.15) is 5.82 Å². The quantitative estimate of drug-likeness (QED) is 0.577. The van der Waals surface area contributed by atoms with Gasteiger partial charge in [-0.25, -0.2) is 4.39 Å². The van der Waals surface area contributed by atoms with Gasteiger partial charge in [0.15, 0.2) is 0 Å². The first-order chi connectivity index (χ1) is 13.1. The molecule has 5 nitrogen and oxygen atoms in total. The van der Waals surface area contributed by atoms with E-state index >= 15 is 0 Å². The topological polar surface area (TPSA) is 73.6 Å². The van der Waals surface area contributed by atoms with Gasteiger partial charge in [0.2, 0.25) is 0 Å². The molecule has 1 unspecified atom stereocenters. The lowest BCUT2D eigenvalue weighted by Crippen LogP contribution is -2.31. The minimum atomic E-state index is -0.387. The molecule has 0 aromatic heterocycles. The number of carbonyl (C=O) groups is 1. The summed E-state index contributed by atoms with van der Waals surface area (Å²) in [6.07, 6.45) is 2.83. The minimum absolute atomic E-state index is 0.0618. The number of halogens is 1. The number of nitrogens with one attached hydrogen (secondary N) is 1. The van der Waals surface area contributed by atoms with E-state index in [9.17, 15) is 9.18 Å². The van der Waals surface area contributed by atoms with Crippen LogP contribution in [0.3, 0.4) is 0 Å². The molecular formula is C21H25FN2O3. The van der Waals surface area contributed by atoms with Crippen LogP contribution in [-0.2, 0) is 22.5 Å². The summed E-state index contributed by atoms with van der Waals surface area (Å²) in [5.41, 5.74) is 9.66. The number of methoxy groups -OCH3 is 1. The number of benzene rings is 2. The predicted octanol–water partition coefficient (Wildman–Crippen LogP) is 3.38. The zero-order valence-electron chi connectivity index (χ0n) is 15.5. The normalized spacial score (nSPS) is 16.0. The van der Waals surface area contributed by atoms with Crippen LogP contribution in [0.5, 0.6) is 0 Å². The number of fused-ring (bicyclic) bond motifs is 1. The number of nitrogen functional groups attached to an aromatic ring is 1. The molecule has 2 aromatic rings. The molecule has 0 fully saturated rings. The second-order valence-corrected chi connectivity index (χ2v) is 6.73. The lowest BCUT2D eigenvalue weighted by atomic mass is 9.87.